The highest BCUT2D eigenvalue weighted by Crippen LogP contribution is 2.37. The van der Waals surface area contributed by atoms with Gasteiger partial charge in [-0.2, -0.15) is 11.8 Å². The van der Waals surface area contributed by atoms with Crippen molar-refractivity contribution in [3.63, 3.8) is 0 Å². The minimum absolute atomic E-state index is 0. The number of hydrogen-bond donors (Lipinski definition) is 1. The van der Waals surface area contributed by atoms with E-state index in [9.17, 15) is 4.79 Å². The molecule has 2 unspecified atom stereocenters. The van der Waals surface area contributed by atoms with E-state index in [4.69, 9.17) is 5.73 Å². The van der Waals surface area contributed by atoms with Crippen molar-refractivity contribution >= 4 is 30.1 Å². The minimum Gasteiger partial charge on any atom is -0.341 e. The van der Waals surface area contributed by atoms with Gasteiger partial charge in [-0.15, -0.1) is 12.4 Å². The Morgan fingerprint density at radius 1 is 1.41 bits per heavy atom. The molecule has 0 radical (unpaired) electrons. The summed E-state index contributed by atoms with van der Waals surface area (Å²) in [5.41, 5.74) is 5.93. The molecule has 3 atom stereocenters. The van der Waals surface area contributed by atoms with E-state index in [0.29, 0.717) is 0 Å². The predicted octanol–water partition coefficient (Wildman–Crippen LogP) is 1.75. The van der Waals surface area contributed by atoms with E-state index in [1.165, 1.54) is 19.3 Å². The fourth-order valence-corrected chi connectivity index (χ4v) is 3.51. The second-order valence-electron chi connectivity index (χ2n) is 5.08. The molecule has 2 aliphatic rings. The zero-order valence-corrected chi connectivity index (χ0v) is 12.1. The van der Waals surface area contributed by atoms with Gasteiger partial charge in [0, 0.05) is 13.1 Å². The maximum Gasteiger partial charge on any atom is 0.239 e. The number of carbonyl (C=O) groups is 1. The summed E-state index contributed by atoms with van der Waals surface area (Å²) in [7, 11) is 0. The average molecular weight is 279 g/mol. The van der Waals surface area contributed by atoms with Crippen molar-refractivity contribution in [2.45, 2.75) is 31.7 Å². The van der Waals surface area contributed by atoms with Crippen molar-refractivity contribution in [1.29, 1.82) is 0 Å². The molecule has 0 bridgehead atoms. The summed E-state index contributed by atoms with van der Waals surface area (Å²) in [6.07, 6.45) is 6.85. The molecule has 100 valence electrons. The zero-order valence-electron chi connectivity index (χ0n) is 10.4. The molecule has 0 spiro atoms. The molecule has 1 amide bonds. The number of rotatable bonds is 4. The van der Waals surface area contributed by atoms with Gasteiger partial charge in [-0.1, -0.05) is 6.42 Å². The molecule has 1 aliphatic carbocycles. The van der Waals surface area contributed by atoms with Crippen molar-refractivity contribution in [3.8, 4) is 0 Å². The number of likely N-dealkylation sites (tertiary alicyclic amines) is 1. The number of nitrogens with two attached hydrogens (primary N) is 1. The normalized spacial score (nSPS) is 28.7. The van der Waals surface area contributed by atoms with Crippen molar-refractivity contribution < 1.29 is 4.79 Å². The number of amides is 1. The molecule has 3 nitrogen and oxygen atoms in total. The topological polar surface area (TPSA) is 46.3 Å². The number of halogens is 1. The zero-order chi connectivity index (χ0) is 11.5. The van der Waals surface area contributed by atoms with E-state index in [2.05, 4.69) is 6.26 Å². The lowest BCUT2D eigenvalue weighted by molar-refractivity contribution is -0.131. The second-order valence-corrected chi connectivity index (χ2v) is 6.07. The molecule has 1 aliphatic heterocycles. The van der Waals surface area contributed by atoms with Gasteiger partial charge in [0.2, 0.25) is 5.91 Å². The van der Waals surface area contributed by atoms with Crippen molar-refractivity contribution in [3.05, 3.63) is 0 Å². The van der Waals surface area contributed by atoms with Crippen molar-refractivity contribution in [2.75, 3.05) is 25.1 Å². The van der Waals surface area contributed by atoms with Gasteiger partial charge < -0.3 is 10.6 Å². The van der Waals surface area contributed by atoms with Crippen LogP contribution in [0, 0.1) is 11.8 Å². The molecule has 0 aromatic heterocycles. The number of hydrogen-bond acceptors (Lipinski definition) is 3. The van der Waals surface area contributed by atoms with Crippen LogP contribution in [0.5, 0.6) is 0 Å². The SMILES string of the molecule is CSCC[C@H](N)C(=O)N1CC2CCCC2C1.Cl. The van der Waals surface area contributed by atoms with E-state index in [-0.39, 0.29) is 24.4 Å². The monoisotopic (exact) mass is 278 g/mol. The molecule has 1 heterocycles. The summed E-state index contributed by atoms with van der Waals surface area (Å²) in [6, 6.07) is -0.272. The van der Waals surface area contributed by atoms with Crippen molar-refractivity contribution in [1.82, 2.24) is 4.90 Å². The van der Waals surface area contributed by atoms with Gasteiger partial charge >= 0.3 is 0 Å². The van der Waals surface area contributed by atoms with Crippen LogP contribution in [0.15, 0.2) is 0 Å². The molecular formula is C12H23ClN2OS. The van der Waals surface area contributed by atoms with Crippen LogP contribution in [0.2, 0.25) is 0 Å². The van der Waals surface area contributed by atoms with Crippen LogP contribution in [-0.4, -0.2) is 41.9 Å². The number of carbonyl (C=O) groups excluding carboxylic acids is 1. The third-order valence-corrected chi connectivity index (χ3v) is 4.63. The first kappa shape index (κ1) is 15.1. The third-order valence-electron chi connectivity index (χ3n) is 3.99. The lowest BCUT2D eigenvalue weighted by atomic mass is 10.0. The largest absolute Gasteiger partial charge is 0.341 e. The van der Waals surface area contributed by atoms with Gasteiger partial charge in [-0.25, -0.2) is 0 Å². The van der Waals surface area contributed by atoms with E-state index in [0.717, 1.165) is 37.1 Å². The minimum atomic E-state index is -0.272. The van der Waals surface area contributed by atoms with E-state index in [1.807, 2.05) is 4.90 Å². The first-order valence-corrected chi connectivity index (χ1v) is 7.65. The second kappa shape index (κ2) is 6.86. The maximum absolute atomic E-state index is 12.1. The molecule has 2 N–H and O–H groups in total. The fourth-order valence-electron chi connectivity index (χ4n) is 3.02. The molecule has 17 heavy (non-hydrogen) atoms. The Kier molecular flexibility index (Phi) is 6.10. The smallest absolute Gasteiger partial charge is 0.239 e. The molecule has 1 saturated heterocycles. The van der Waals surface area contributed by atoms with Gasteiger partial charge in [-0.05, 0) is 43.1 Å². The summed E-state index contributed by atoms with van der Waals surface area (Å²) in [6.45, 7) is 1.94. The molecule has 0 aromatic rings. The first-order chi connectivity index (χ1) is 7.72. The number of nitrogens with zero attached hydrogens (tertiary/aromatic N) is 1. The van der Waals surface area contributed by atoms with Crippen LogP contribution in [0.3, 0.4) is 0 Å². The van der Waals surface area contributed by atoms with Crippen LogP contribution in [0.4, 0.5) is 0 Å². The van der Waals surface area contributed by atoms with Crippen molar-refractivity contribution in [2.24, 2.45) is 17.6 Å². The summed E-state index contributed by atoms with van der Waals surface area (Å²) in [5.74, 6) is 2.71. The Morgan fingerprint density at radius 3 is 2.53 bits per heavy atom. The molecule has 1 saturated carbocycles. The Balaban J connectivity index is 0.00000144. The molecule has 2 rings (SSSR count). The van der Waals surface area contributed by atoms with Gasteiger partial charge in [0.1, 0.15) is 0 Å². The van der Waals surface area contributed by atoms with Crippen LogP contribution >= 0.6 is 24.2 Å². The quantitative estimate of drug-likeness (QED) is 0.852. The van der Waals surface area contributed by atoms with Gasteiger partial charge in [0.15, 0.2) is 0 Å². The lowest BCUT2D eigenvalue weighted by Gasteiger charge is -2.21. The Bertz CT molecular complexity index is 253. The van der Waals surface area contributed by atoms with E-state index in [1.54, 1.807) is 11.8 Å². The van der Waals surface area contributed by atoms with Gasteiger partial charge in [-0.3, -0.25) is 4.79 Å². The fraction of sp³-hybridized carbons (Fsp3) is 0.917. The lowest BCUT2D eigenvalue weighted by Crippen LogP contribution is -2.43. The maximum atomic E-state index is 12.1. The molecule has 5 heteroatoms. The highest BCUT2D eigenvalue weighted by molar-refractivity contribution is 7.98. The molecular weight excluding hydrogens is 256 g/mol. The van der Waals surface area contributed by atoms with Crippen LogP contribution < -0.4 is 5.73 Å². The Hall–Kier alpha value is 0.0700. The molecule has 0 aromatic carbocycles. The van der Waals surface area contributed by atoms with Crippen LogP contribution in [0.1, 0.15) is 25.7 Å². The van der Waals surface area contributed by atoms with Crippen LogP contribution in [0.25, 0.3) is 0 Å². The van der Waals surface area contributed by atoms with Crippen LogP contribution in [-0.2, 0) is 4.79 Å². The molecule has 2 fully saturated rings. The summed E-state index contributed by atoms with van der Waals surface area (Å²) >= 11 is 1.76. The predicted molar refractivity (Wildman–Crippen MR) is 75.6 cm³/mol. The standard InChI is InChI=1S/C12H22N2OS.ClH/c1-16-6-5-11(13)12(15)14-7-9-3-2-4-10(9)8-14;/h9-11H,2-8,13H2,1H3;1H/t9?,10?,11-;/m0./s1. The number of thioether (sulfide) groups is 1. The average Bonchev–Trinajstić information content (AvgIpc) is 2.84. The summed E-state index contributed by atoms with van der Waals surface area (Å²) in [4.78, 5) is 14.1. The third kappa shape index (κ3) is 3.52. The van der Waals surface area contributed by atoms with Gasteiger partial charge in [0.25, 0.3) is 0 Å². The Labute approximate surface area is 114 Å². The highest BCUT2D eigenvalue weighted by Gasteiger charge is 2.38. The van der Waals surface area contributed by atoms with Gasteiger partial charge in [0.05, 0.1) is 6.04 Å². The summed E-state index contributed by atoms with van der Waals surface area (Å²) < 4.78 is 0. The highest BCUT2D eigenvalue weighted by atomic mass is 35.5. The summed E-state index contributed by atoms with van der Waals surface area (Å²) in [5, 5.41) is 0. The first-order valence-electron chi connectivity index (χ1n) is 6.25. The number of fused-ring (bicyclic) bond motifs is 1. The van der Waals surface area contributed by atoms with E-state index >= 15 is 0 Å². The van der Waals surface area contributed by atoms with E-state index < -0.39 is 0 Å². The Morgan fingerprint density at radius 2 is 2.00 bits per heavy atom.